The average Bonchev–Trinajstić information content (AvgIpc) is 3.33. The van der Waals surface area contributed by atoms with Gasteiger partial charge in [0.05, 0.1) is 5.69 Å². The van der Waals surface area contributed by atoms with Gasteiger partial charge in [-0.15, -0.1) is 0 Å². The summed E-state index contributed by atoms with van der Waals surface area (Å²) in [5, 5.41) is 3.81. The van der Waals surface area contributed by atoms with Gasteiger partial charge in [-0.05, 0) is 42.9 Å². The van der Waals surface area contributed by atoms with Crippen LogP contribution in [0.1, 0.15) is 62.2 Å². The molecule has 0 aliphatic rings. The number of rotatable bonds is 10. The lowest BCUT2D eigenvalue weighted by molar-refractivity contribution is -0.145. The molecule has 2 aromatic heterocycles. The van der Waals surface area contributed by atoms with Crippen molar-refractivity contribution in [3.8, 4) is 22.5 Å². The lowest BCUT2D eigenvalue weighted by Gasteiger charge is -2.18. The van der Waals surface area contributed by atoms with Crippen LogP contribution >= 0.6 is 0 Å². The first-order valence-electron chi connectivity index (χ1n) is 12.5. The molecule has 0 atom stereocenters. The zero-order chi connectivity index (χ0) is 26.4. The van der Waals surface area contributed by atoms with E-state index < -0.39 is 5.76 Å². The molecule has 0 bridgehead atoms. The Balaban J connectivity index is 1.68. The number of H-pyrrole nitrogens is 1. The fraction of sp³-hybridized carbons (Fsp3) is 0.321. The molecule has 4 rings (SSSR count). The van der Waals surface area contributed by atoms with Crippen LogP contribution in [0.25, 0.3) is 22.5 Å². The zero-order valence-electron chi connectivity index (χ0n) is 21.2. The molecule has 9 nitrogen and oxygen atoms in total. The fourth-order valence-electron chi connectivity index (χ4n) is 4.24. The molecule has 2 aromatic carbocycles. The Morgan fingerprint density at radius 1 is 1.03 bits per heavy atom. The number of hydrogen-bond acceptors (Lipinski definition) is 7. The van der Waals surface area contributed by atoms with Crippen molar-refractivity contribution in [3.63, 3.8) is 0 Å². The van der Waals surface area contributed by atoms with Crippen molar-refractivity contribution in [1.82, 2.24) is 19.9 Å². The Kier molecular flexibility index (Phi) is 8.12. The maximum absolute atomic E-state index is 13.0. The van der Waals surface area contributed by atoms with E-state index in [9.17, 15) is 14.4 Å². The number of aryl methyl sites for hydroxylation is 1. The number of nitrogens with zero attached hydrogens (tertiary/aromatic N) is 3. The predicted molar refractivity (Wildman–Crippen MR) is 139 cm³/mol. The minimum absolute atomic E-state index is 0.291. The van der Waals surface area contributed by atoms with E-state index in [0.717, 1.165) is 35.1 Å². The topological polar surface area (TPSA) is 120 Å². The van der Waals surface area contributed by atoms with Crippen molar-refractivity contribution >= 4 is 5.97 Å². The smallest absolute Gasteiger partial charge is 0.335 e. The van der Waals surface area contributed by atoms with Gasteiger partial charge in [0, 0.05) is 24.0 Å². The Hall–Kier alpha value is -4.27. The summed E-state index contributed by atoms with van der Waals surface area (Å²) in [7, 11) is 0. The highest BCUT2D eigenvalue weighted by Gasteiger charge is 2.19. The summed E-state index contributed by atoms with van der Waals surface area (Å²) in [4.78, 5) is 49.0. The molecule has 192 valence electrons. The van der Waals surface area contributed by atoms with Crippen molar-refractivity contribution in [3.05, 3.63) is 92.1 Å². The molecule has 2 heterocycles. The van der Waals surface area contributed by atoms with Crippen molar-refractivity contribution in [2.24, 2.45) is 0 Å². The SMILES string of the molecule is CCCCc1c(Cc2ccc(-c3ccccc3-c3noc(=O)[nH]3)cc2)c(=O)nc(C)n1OC(=O)CCC. The summed E-state index contributed by atoms with van der Waals surface area (Å²) < 4.78 is 6.11. The quantitative estimate of drug-likeness (QED) is 0.344. The number of aromatic amines is 1. The Morgan fingerprint density at radius 2 is 1.76 bits per heavy atom. The van der Waals surface area contributed by atoms with Gasteiger partial charge in [0.25, 0.3) is 5.56 Å². The van der Waals surface area contributed by atoms with Crippen molar-refractivity contribution in [2.75, 3.05) is 0 Å². The van der Waals surface area contributed by atoms with E-state index in [4.69, 9.17) is 4.84 Å². The van der Waals surface area contributed by atoms with E-state index in [1.807, 2.05) is 55.5 Å². The molecular weight excluding hydrogens is 472 g/mol. The molecule has 9 heteroatoms. The van der Waals surface area contributed by atoms with Gasteiger partial charge in [-0.1, -0.05) is 74.0 Å². The second-order valence-electron chi connectivity index (χ2n) is 8.86. The van der Waals surface area contributed by atoms with Gasteiger partial charge in [0.2, 0.25) is 0 Å². The third-order valence-corrected chi connectivity index (χ3v) is 6.09. The monoisotopic (exact) mass is 502 g/mol. The molecule has 0 amide bonds. The van der Waals surface area contributed by atoms with E-state index >= 15 is 0 Å². The molecule has 37 heavy (non-hydrogen) atoms. The van der Waals surface area contributed by atoms with Crippen LogP contribution in [-0.4, -0.2) is 25.8 Å². The highest BCUT2D eigenvalue weighted by Crippen LogP contribution is 2.30. The number of carbonyl (C=O) groups is 1. The number of nitrogens with one attached hydrogen (secondary N) is 1. The first kappa shape index (κ1) is 25.8. The van der Waals surface area contributed by atoms with Gasteiger partial charge in [0.1, 0.15) is 5.82 Å². The van der Waals surface area contributed by atoms with Gasteiger partial charge in [-0.3, -0.25) is 14.3 Å². The van der Waals surface area contributed by atoms with Crippen molar-refractivity contribution < 1.29 is 14.2 Å². The van der Waals surface area contributed by atoms with Crippen LogP contribution in [0, 0.1) is 6.92 Å². The highest BCUT2D eigenvalue weighted by atomic mass is 16.7. The minimum atomic E-state index is -0.614. The highest BCUT2D eigenvalue weighted by molar-refractivity contribution is 5.80. The number of benzene rings is 2. The first-order chi connectivity index (χ1) is 17.9. The summed E-state index contributed by atoms with van der Waals surface area (Å²) in [6.45, 7) is 5.66. The largest absolute Gasteiger partial charge is 0.439 e. The molecule has 1 N–H and O–H groups in total. The maximum Gasteiger partial charge on any atom is 0.439 e. The molecule has 4 aromatic rings. The van der Waals surface area contributed by atoms with E-state index in [1.54, 1.807) is 6.92 Å². The molecule has 0 saturated carbocycles. The minimum Gasteiger partial charge on any atom is -0.335 e. The lowest BCUT2D eigenvalue weighted by Crippen LogP contribution is -2.31. The summed E-state index contributed by atoms with van der Waals surface area (Å²) in [5.41, 5.74) is 4.36. The lowest BCUT2D eigenvalue weighted by atomic mass is 9.96. The average molecular weight is 503 g/mol. The van der Waals surface area contributed by atoms with Crippen LogP contribution in [0.2, 0.25) is 0 Å². The Bertz CT molecular complexity index is 1500. The Morgan fingerprint density at radius 3 is 2.41 bits per heavy atom. The molecule has 0 unspecified atom stereocenters. The molecule has 0 radical (unpaired) electrons. The van der Waals surface area contributed by atoms with Gasteiger partial charge in [-0.25, -0.2) is 9.59 Å². The van der Waals surface area contributed by atoms with Crippen LogP contribution in [0.3, 0.4) is 0 Å². The standard InChI is InChI=1S/C28H30N4O5/c1-4-6-12-24-23(27(34)29-18(3)32(24)37-25(33)9-5-2)17-19-13-15-20(16-14-19)21-10-7-8-11-22(21)26-30-28(35)36-31-26/h7-8,10-11,13-16H,4-6,9,12,17H2,1-3H3,(H,30,31,35). The molecular formula is C28H30N4O5. The zero-order valence-corrected chi connectivity index (χ0v) is 21.2. The maximum atomic E-state index is 13.0. The summed E-state index contributed by atoms with van der Waals surface area (Å²) >= 11 is 0. The van der Waals surface area contributed by atoms with Gasteiger partial charge >= 0.3 is 11.7 Å². The van der Waals surface area contributed by atoms with Crippen molar-refractivity contribution in [2.45, 2.75) is 59.3 Å². The third kappa shape index (κ3) is 5.94. The van der Waals surface area contributed by atoms with Gasteiger partial charge in [0.15, 0.2) is 5.82 Å². The normalized spacial score (nSPS) is 11.0. The molecule has 0 spiro atoms. The predicted octanol–water partition coefficient (Wildman–Crippen LogP) is 4.25. The number of carbonyl (C=O) groups excluding carboxylic acids is 1. The van der Waals surface area contributed by atoms with Crippen LogP contribution < -0.4 is 16.2 Å². The molecule has 0 fully saturated rings. The van der Waals surface area contributed by atoms with Crippen LogP contribution in [-0.2, 0) is 17.6 Å². The first-order valence-corrected chi connectivity index (χ1v) is 12.5. The van der Waals surface area contributed by atoms with E-state index in [0.29, 0.717) is 48.6 Å². The second-order valence-corrected chi connectivity index (χ2v) is 8.86. The summed E-state index contributed by atoms with van der Waals surface area (Å²) in [6.07, 6.45) is 3.70. The van der Waals surface area contributed by atoms with E-state index in [-0.39, 0.29) is 11.5 Å². The van der Waals surface area contributed by atoms with E-state index in [2.05, 4.69) is 26.6 Å². The number of hydrogen-bond donors (Lipinski definition) is 1. The molecule has 0 saturated heterocycles. The van der Waals surface area contributed by atoms with Gasteiger partial charge < -0.3 is 4.84 Å². The summed E-state index contributed by atoms with van der Waals surface area (Å²) in [5.74, 6) is -0.246. The van der Waals surface area contributed by atoms with Crippen molar-refractivity contribution in [1.29, 1.82) is 0 Å². The number of aromatic nitrogens is 4. The Labute approximate surface area is 214 Å². The molecule has 0 aliphatic heterocycles. The van der Waals surface area contributed by atoms with Crippen LogP contribution in [0.5, 0.6) is 0 Å². The van der Waals surface area contributed by atoms with Crippen LogP contribution in [0.15, 0.2) is 62.6 Å². The van der Waals surface area contributed by atoms with Crippen LogP contribution in [0.4, 0.5) is 0 Å². The second kappa shape index (κ2) is 11.6. The molecule has 0 aliphatic carbocycles. The summed E-state index contributed by atoms with van der Waals surface area (Å²) in [6, 6.07) is 15.4. The third-order valence-electron chi connectivity index (χ3n) is 6.09. The fourth-order valence-corrected chi connectivity index (χ4v) is 4.24. The number of unbranched alkanes of at least 4 members (excludes halogenated alkanes) is 1. The van der Waals surface area contributed by atoms with E-state index in [1.165, 1.54) is 4.73 Å². The van der Waals surface area contributed by atoms with Gasteiger partial charge in [-0.2, -0.15) is 9.71 Å².